The van der Waals surface area contributed by atoms with Crippen molar-refractivity contribution in [3.05, 3.63) is 28.5 Å². The van der Waals surface area contributed by atoms with Gasteiger partial charge in [0.15, 0.2) is 5.78 Å². The number of nitrogens with one attached hydrogen (secondary N) is 1. The van der Waals surface area contributed by atoms with Crippen LogP contribution in [0.5, 0.6) is 0 Å². The summed E-state index contributed by atoms with van der Waals surface area (Å²) >= 11 is 3.45. The molecule has 4 nitrogen and oxygen atoms in total. The van der Waals surface area contributed by atoms with Crippen LogP contribution >= 0.6 is 15.9 Å². The minimum Gasteiger partial charge on any atom is -0.389 e. The van der Waals surface area contributed by atoms with Crippen LogP contribution in [0.25, 0.3) is 11.0 Å². The van der Waals surface area contributed by atoms with Crippen molar-refractivity contribution in [1.82, 2.24) is 9.97 Å². The Bertz CT molecular complexity index is 580. The number of unbranched alkanes of at least 4 members (excludes halogenated alkanes) is 3. The SMILES string of the molecule is O=C(CO)CCCCCCc1nc2ccc(Br)cc2[nH]1. The molecule has 0 fully saturated rings. The molecule has 0 unspecified atom stereocenters. The van der Waals surface area contributed by atoms with Crippen molar-refractivity contribution in [3.63, 3.8) is 0 Å². The first-order valence-electron chi connectivity index (χ1n) is 6.96. The molecule has 20 heavy (non-hydrogen) atoms. The lowest BCUT2D eigenvalue weighted by molar-refractivity contribution is -0.121. The van der Waals surface area contributed by atoms with E-state index >= 15 is 0 Å². The van der Waals surface area contributed by atoms with Gasteiger partial charge in [-0.05, 0) is 31.0 Å². The molecule has 108 valence electrons. The number of hydrogen-bond acceptors (Lipinski definition) is 3. The average molecular weight is 339 g/mol. The summed E-state index contributed by atoms with van der Waals surface area (Å²) < 4.78 is 1.05. The highest BCUT2D eigenvalue weighted by molar-refractivity contribution is 9.10. The van der Waals surface area contributed by atoms with Crippen LogP contribution < -0.4 is 0 Å². The maximum absolute atomic E-state index is 10.9. The minimum atomic E-state index is -0.325. The first-order valence-corrected chi connectivity index (χ1v) is 7.75. The Hall–Kier alpha value is -1.20. The van der Waals surface area contributed by atoms with Crippen LogP contribution in [-0.4, -0.2) is 27.5 Å². The maximum atomic E-state index is 10.9. The Kier molecular flexibility index (Phi) is 5.73. The zero-order chi connectivity index (χ0) is 14.4. The molecule has 0 aliphatic heterocycles. The summed E-state index contributed by atoms with van der Waals surface area (Å²) in [4.78, 5) is 18.8. The average Bonchev–Trinajstić information content (AvgIpc) is 2.84. The van der Waals surface area contributed by atoms with Crippen molar-refractivity contribution in [2.24, 2.45) is 0 Å². The highest BCUT2D eigenvalue weighted by Gasteiger charge is 2.03. The molecule has 0 aliphatic rings. The number of benzene rings is 1. The van der Waals surface area contributed by atoms with E-state index in [0.29, 0.717) is 6.42 Å². The van der Waals surface area contributed by atoms with Crippen LogP contribution in [0.1, 0.15) is 37.9 Å². The largest absolute Gasteiger partial charge is 0.389 e. The number of fused-ring (bicyclic) bond motifs is 1. The van der Waals surface area contributed by atoms with E-state index in [-0.39, 0.29) is 12.4 Å². The number of aliphatic hydroxyl groups excluding tert-OH is 1. The third-order valence-electron chi connectivity index (χ3n) is 3.29. The van der Waals surface area contributed by atoms with Crippen LogP contribution in [0.4, 0.5) is 0 Å². The molecular weight excluding hydrogens is 320 g/mol. The molecule has 1 aromatic heterocycles. The first-order chi connectivity index (χ1) is 9.69. The van der Waals surface area contributed by atoms with Crippen molar-refractivity contribution in [3.8, 4) is 0 Å². The van der Waals surface area contributed by atoms with Gasteiger partial charge in [0.1, 0.15) is 12.4 Å². The number of aromatic amines is 1. The van der Waals surface area contributed by atoms with E-state index in [2.05, 4.69) is 25.9 Å². The number of imidazole rings is 1. The molecule has 2 aromatic rings. The van der Waals surface area contributed by atoms with Crippen LogP contribution in [0.15, 0.2) is 22.7 Å². The number of ketones is 1. The summed E-state index contributed by atoms with van der Waals surface area (Å²) in [5.74, 6) is 0.956. The number of hydrogen-bond donors (Lipinski definition) is 2. The molecule has 0 radical (unpaired) electrons. The number of halogens is 1. The van der Waals surface area contributed by atoms with Crippen molar-refractivity contribution in [1.29, 1.82) is 0 Å². The predicted octanol–water partition coefficient (Wildman–Crippen LogP) is 3.38. The zero-order valence-electron chi connectivity index (χ0n) is 11.4. The second kappa shape index (κ2) is 7.55. The fraction of sp³-hybridized carbons (Fsp3) is 0.467. The van der Waals surface area contributed by atoms with Gasteiger partial charge in [-0.2, -0.15) is 0 Å². The molecule has 1 aromatic carbocycles. The van der Waals surface area contributed by atoms with Crippen molar-refractivity contribution in [2.75, 3.05) is 6.61 Å². The molecule has 2 N–H and O–H groups in total. The van der Waals surface area contributed by atoms with Crippen molar-refractivity contribution in [2.45, 2.75) is 38.5 Å². The summed E-state index contributed by atoms with van der Waals surface area (Å²) in [6, 6.07) is 6.03. The summed E-state index contributed by atoms with van der Waals surface area (Å²) in [6.45, 7) is -0.325. The van der Waals surface area contributed by atoms with Crippen molar-refractivity contribution >= 4 is 32.7 Å². The van der Waals surface area contributed by atoms with Gasteiger partial charge in [-0.3, -0.25) is 4.79 Å². The number of nitrogens with zero attached hydrogens (tertiary/aromatic N) is 1. The van der Waals surface area contributed by atoms with Gasteiger partial charge in [0.2, 0.25) is 0 Å². The molecule has 5 heteroatoms. The Morgan fingerprint density at radius 3 is 2.85 bits per heavy atom. The highest BCUT2D eigenvalue weighted by Crippen LogP contribution is 2.18. The highest BCUT2D eigenvalue weighted by atomic mass is 79.9. The molecule has 0 bridgehead atoms. The quantitative estimate of drug-likeness (QED) is 0.725. The number of carbonyl (C=O) groups is 1. The molecule has 0 aliphatic carbocycles. The Morgan fingerprint density at radius 1 is 1.25 bits per heavy atom. The van der Waals surface area contributed by atoms with E-state index in [0.717, 1.165) is 53.4 Å². The van der Waals surface area contributed by atoms with Crippen molar-refractivity contribution < 1.29 is 9.90 Å². The molecule has 0 saturated carbocycles. The van der Waals surface area contributed by atoms with Gasteiger partial charge in [-0.15, -0.1) is 0 Å². The van der Waals surface area contributed by atoms with Crippen LogP contribution in [0.2, 0.25) is 0 Å². The maximum Gasteiger partial charge on any atom is 0.158 e. The number of Topliss-reactive ketones (excluding diaryl/α,β-unsaturated/α-hetero) is 1. The fourth-order valence-corrected chi connectivity index (χ4v) is 2.56. The standard InChI is InChI=1S/C15H19BrN2O2/c16-11-7-8-13-14(9-11)18-15(17-13)6-4-2-1-3-5-12(20)10-19/h7-9,19H,1-6,10H2,(H,17,18). The molecule has 0 spiro atoms. The van der Waals surface area contributed by atoms with Gasteiger partial charge in [0.25, 0.3) is 0 Å². The third kappa shape index (κ3) is 4.42. The fourth-order valence-electron chi connectivity index (χ4n) is 2.20. The van der Waals surface area contributed by atoms with Gasteiger partial charge >= 0.3 is 0 Å². The lowest BCUT2D eigenvalue weighted by atomic mass is 10.1. The normalized spacial score (nSPS) is 11.1. The molecular formula is C15H19BrN2O2. The molecule has 0 amide bonds. The van der Waals surface area contributed by atoms with E-state index in [1.54, 1.807) is 0 Å². The summed E-state index contributed by atoms with van der Waals surface area (Å²) in [5.41, 5.74) is 2.06. The minimum absolute atomic E-state index is 0.0622. The zero-order valence-corrected chi connectivity index (χ0v) is 12.9. The van der Waals surface area contributed by atoms with Crippen LogP contribution in [0, 0.1) is 0 Å². The molecule has 0 saturated heterocycles. The Morgan fingerprint density at radius 2 is 2.05 bits per heavy atom. The monoisotopic (exact) mass is 338 g/mol. The molecule has 0 atom stereocenters. The van der Waals surface area contributed by atoms with Gasteiger partial charge in [-0.1, -0.05) is 28.8 Å². The Balaban J connectivity index is 1.72. The predicted molar refractivity (Wildman–Crippen MR) is 82.7 cm³/mol. The first kappa shape index (κ1) is 15.2. The second-order valence-electron chi connectivity index (χ2n) is 4.96. The second-order valence-corrected chi connectivity index (χ2v) is 5.87. The smallest absolute Gasteiger partial charge is 0.158 e. The van der Waals surface area contributed by atoms with E-state index in [9.17, 15) is 4.79 Å². The summed E-state index contributed by atoms with van der Waals surface area (Å²) in [6.07, 6.45) is 5.47. The molecule has 2 rings (SSSR count). The topological polar surface area (TPSA) is 66.0 Å². The molecule has 1 heterocycles. The van der Waals surface area contributed by atoms with Gasteiger partial charge in [0.05, 0.1) is 11.0 Å². The lowest BCUT2D eigenvalue weighted by Crippen LogP contribution is -2.02. The van der Waals surface area contributed by atoms with E-state index < -0.39 is 0 Å². The van der Waals surface area contributed by atoms with Crippen LogP contribution in [0.3, 0.4) is 0 Å². The van der Waals surface area contributed by atoms with Gasteiger partial charge < -0.3 is 10.1 Å². The summed E-state index contributed by atoms with van der Waals surface area (Å²) in [5, 5.41) is 8.61. The third-order valence-corrected chi connectivity index (χ3v) is 3.78. The van der Waals surface area contributed by atoms with E-state index in [1.807, 2.05) is 18.2 Å². The number of carbonyl (C=O) groups excluding carboxylic acids is 1. The van der Waals surface area contributed by atoms with Gasteiger partial charge in [0, 0.05) is 17.3 Å². The summed E-state index contributed by atoms with van der Waals surface area (Å²) in [7, 11) is 0. The number of aromatic nitrogens is 2. The van der Waals surface area contributed by atoms with Crippen LogP contribution in [-0.2, 0) is 11.2 Å². The lowest BCUT2D eigenvalue weighted by Gasteiger charge is -1.99. The van der Waals surface area contributed by atoms with E-state index in [4.69, 9.17) is 5.11 Å². The number of aryl methyl sites for hydroxylation is 1. The number of rotatable bonds is 8. The Labute approximate surface area is 126 Å². The number of aliphatic hydroxyl groups is 1. The van der Waals surface area contributed by atoms with Gasteiger partial charge in [-0.25, -0.2) is 4.98 Å². The van der Waals surface area contributed by atoms with E-state index in [1.165, 1.54) is 0 Å². The number of H-pyrrole nitrogens is 1.